The molecule has 1 aliphatic carbocycles. The lowest BCUT2D eigenvalue weighted by atomic mass is 9.87. The number of nitrogens with zero attached hydrogens (tertiary/aromatic N) is 1. The molecule has 0 aromatic carbocycles. The molecule has 2 fully saturated rings. The Morgan fingerprint density at radius 2 is 1.80 bits per heavy atom. The average Bonchev–Trinajstić information content (AvgIpc) is 2.55. The first-order valence-electron chi connectivity index (χ1n) is 8.72. The standard InChI is InChI=1S/C16H29N3O4S.ClH/c1-12(2)14(17)15(21)18-10-13(20)19-8-9-24(22,23)16(11-19)6-4-3-5-7-16;/h12,14H,3-11,17H2,1-2H3,(H,18,21);1H/t14-;/m0./s1. The zero-order chi connectivity index (χ0) is 18.0. The SMILES string of the molecule is CC(C)[C@H](N)C(=O)NCC(=O)N1CCS(=O)(=O)C2(CCCCC2)C1.Cl. The third-order valence-corrected chi connectivity index (χ3v) is 7.90. The van der Waals surface area contributed by atoms with E-state index in [2.05, 4.69) is 5.32 Å². The van der Waals surface area contributed by atoms with Crippen LogP contribution in [0.3, 0.4) is 0 Å². The maximum atomic E-state index is 12.5. The van der Waals surface area contributed by atoms with Crippen molar-refractivity contribution in [3.05, 3.63) is 0 Å². The summed E-state index contributed by atoms with van der Waals surface area (Å²) in [5.74, 6) is -0.585. The predicted octanol–water partition coefficient (Wildman–Crippen LogP) is 0.468. The number of carbonyl (C=O) groups excluding carboxylic acids is 2. The highest BCUT2D eigenvalue weighted by Gasteiger charge is 2.49. The lowest BCUT2D eigenvalue weighted by Crippen LogP contribution is -2.59. The van der Waals surface area contributed by atoms with Crippen LogP contribution in [0.5, 0.6) is 0 Å². The van der Waals surface area contributed by atoms with E-state index in [-0.39, 0.29) is 55.5 Å². The van der Waals surface area contributed by atoms with Gasteiger partial charge in [-0.15, -0.1) is 12.4 Å². The Morgan fingerprint density at radius 3 is 2.36 bits per heavy atom. The Kier molecular flexibility index (Phi) is 7.71. The Hall–Kier alpha value is -0.860. The fourth-order valence-electron chi connectivity index (χ4n) is 3.55. The Balaban J connectivity index is 0.00000312. The lowest BCUT2D eigenvalue weighted by Gasteiger charge is -2.44. The van der Waals surface area contributed by atoms with E-state index in [1.54, 1.807) is 4.90 Å². The molecule has 146 valence electrons. The van der Waals surface area contributed by atoms with Crippen LogP contribution in [0.15, 0.2) is 0 Å². The van der Waals surface area contributed by atoms with Gasteiger partial charge in [0.25, 0.3) is 0 Å². The Bertz CT molecular complexity index is 588. The largest absolute Gasteiger partial charge is 0.346 e. The van der Waals surface area contributed by atoms with Gasteiger partial charge in [0.05, 0.1) is 23.1 Å². The summed E-state index contributed by atoms with van der Waals surface area (Å²) in [7, 11) is -3.17. The average molecular weight is 396 g/mol. The van der Waals surface area contributed by atoms with Crippen molar-refractivity contribution in [2.24, 2.45) is 11.7 Å². The summed E-state index contributed by atoms with van der Waals surface area (Å²) in [6.45, 7) is 4.01. The molecule has 0 unspecified atom stereocenters. The number of nitrogens with one attached hydrogen (secondary N) is 1. The second kappa shape index (κ2) is 8.68. The molecule has 1 saturated carbocycles. The molecular weight excluding hydrogens is 366 g/mol. The zero-order valence-corrected chi connectivity index (χ0v) is 16.6. The van der Waals surface area contributed by atoms with Crippen molar-refractivity contribution in [3.63, 3.8) is 0 Å². The minimum atomic E-state index is -3.17. The molecule has 2 rings (SSSR count). The van der Waals surface area contributed by atoms with Crippen LogP contribution >= 0.6 is 12.4 Å². The van der Waals surface area contributed by atoms with Gasteiger partial charge in [-0.2, -0.15) is 0 Å². The second-order valence-electron chi connectivity index (χ2n) is 7.37. The van der Waals surface area contributed by atoms with E-state index in [1.165, 1.54) is 0 Å². The van der Waals surface area contributed by atoms with Crippen LogP contribution in [0.2, 0.25) is 0 Å². The molecule has 1 atom stereocenters. The molecule has 0 aromatic rings. The van der Waals surface area contributed by atoms with E-state index >= 15 is 0 Å². The van der Waals surface area contributed by atoms with Gasteiger partial charge in [0.2, 0.25) is 11.8 Å². The molecule has 3 N–H and O–H groups in total. The molecular formula is C16H30ClN3O4S. The summed E-state index contributed by atoms with van der Waals surface area (Å²) in [6, 6.07) is -0.649. The number of carbonyl (C=O) groups is 2. The predicted molar refractivity (Wildman–Crippen MR) is 99.3 cm³/mol. The molecule has 0 aromatic heterocycles. The number of halogens is 1. The van der Waals surface area contributed by atoms with Gasteiger partial charge in [-0.25, -0.2) is 8.42 Å². The van der Waals surface area contributed by atoms with Crippen LogP contribution in [0.4, 0.5) is 0 Å². The topological polar surface area (TPSA) is 110 Å². The molecule has 9 heteroatoms. The fraction of sp³-hybridized carbons (Fsp3) is 0.875. The molecule has 25 heavy (non-hydrogen) atoms. The summed E-state index contributed by atoms with van der Waals surface area (Å²) in [5.41, 5.74) is 5.76. The van der Waals surface area contributed by atoms with Crippen molar-refractivity contribution >= 4 is 34.1 Å². The molecule has 0 bridgehead atoms. The van der Waals surface area contributed by atoms with Crippen LogP contribution in [-0.2, 0) is 19.4 Å². The third-order valence-electron chi connectivity index (χ3n) is 5.32. The highest BCUT2D eigenvalue weighted by molar-refractivity contribution is 7.92. The molecule has 1 spiro atoms. The van der Waals surface area contributed by atoms with Crippen LogP contribution in [0.25, 0.3) is 0 Å². The van der Waals surface area contributed by atoms with Crippen molar-refractivity contribution in [2.75, 3.05) is 25.4 Å². The van der Waals surface area contributed by atoms with Crippen LogP contribution in [0, 0.1) is 5.92 Å². The van der Waals surface area contributed by atoms with Crippen molar-refractivity contribution in [3.8, 4) is 0 Å². The van der Waals surface area contributed by atoms with Gasteiger partial charge in [-0.1, -0.05) is 33.1 Å². The smallest absolute Gasteiger partial charge is 0.242 e. The first-order valence-corrected chi connectivity index (χ1v) is 10.4. The fourth-order valence-corrected chi connectivity index (χ4v) is 5.70. The van der Waals surface area contributed by atoms with E-state index in [1.807, 2.05) is 13.8 Å². The molecule has 1 heterocycles. The quantitative estimate of drug-likeness (QED) is 0.718. The number of rotatable bonds is 4. The molecule has 1 saturated heterocycles. The monoisotopic (exact) mass is 395 g/mol. The van der Waals surface area contributed by atoms with Crippen molar-refractivity contribution < 1.29 is 18.0 Å². The van der Waals surface area contributed by atoms with Crippen molar-refractivity contribution in [2.45, 2.75) is 56.7 Å². The van der Waals surface area contributed by atoms with Crippen LogP contribution in [-0.4, -0.2) is 61.3 Å². The maximum Gasteiger partial charge on any atom is 0.242 e. The van der Waals surface area contributed by atoms with Gasteiger partial charge in [0.15, 0.2) is 9.84 Å². The van der Waals surface area contributed by atoms with Gasteiger partial charge < -0.3 is 16.0 Å². The minimum absolute atomic E-state index is 0. The highest BCUT2D eigenvalue weighted by Crippen LogP contribution is 2.38. The number of hydrogen-bond acceptors (Lipinski definition) is 5. The van der Waals surface area contributed by atoms with Gasteiger partial charge >= 0.3 is 0 Å². The van der Waals surface area contributed by atoms with Crippen LogP contribution < -0.4 is 11.1 Å². The number of amides is 2. The lowest BCUT2D eigenvalue weighted by molar-refractivity contribution is -0.133. The van der Waals surface area contributed by atoms with E-state index in [4.69, 9.17) is 5.73 Å². The summed E-state index contributed by atoms with van der Waals surface area (Å²) in [6.07, 6.45) is 4.09. The normalized spacial score (nSPS) is 23.0. The summed E-state index contributed by atoms with van der Waals surface area (Å²) in [5, 5.41) is 2.57. The van der Waals surface area contributed by atoms with Crippen molar-refractivity contribution in [1.82, 2.24) is 10.2 Å². The Labute approximate surface area is 156 Å². The third kappa shape index (κ3) is 4.86. The van der Waals surface area contributed by atoms with E-state index in [0.717, 1.165) is 19.3 Å². The zero-order valence-electron chi connectivity index (χ0n) is 15.0. The second-order valence-corrected chi connectivity index (χ2v) is 9.87. The Morgan fingerprint density at radius 1 is 1.20 bits per heavy atom. The molecule has 7 nitrogen and oxygen atoms in total. The summed E-state index contributed by atoms with van der Waals surface area (Å²) < 4.78 is 24.3. The number of sulfone groups is 1. The first-order chi connectivity index (χ1) is 11.2. The minimum Gasteiger partial charge on any atom is -0.346 e. The van der Waals surface area contributed by atoms with Gasteiger partial charge in [-0.05, 0) is 18.8 Å². The van der Waals surface area contributed by atoms with Crippen molar-refractivity contribution in [1.29, 1.82) is 0 Å². The van der Waals surface area contributed by atoms with E-state index < -0.39 is 20.6 Å². The molecule has 1 aliphatic heterocycles. The van der Waals surface area contributed by atoms with E-state index in [9.17, 15) is 18.0 Å². The highest BCUT2D eigenvalue weighted by atomic mass is 35.5. The molecule has 0 radical (unpaired) electrons. The van der Waals surface area contributed by atoms with Crippen LogP contribution in [0.1, 0.15) is 46.0 Å². The van der Waals surface area contributed by atoms with Gasteiger partial charge in [0, 0.05) is 13.1 Å². The van der Waals surface area contributed by atoms with Gasteiger partial charge in [0.1, 0.15) is 0 Å². The first kappa shape index (κ1) is 22.2. The number of hydrogen-bond donors (Lipinski definition) is 2. The maximum absolute atomic E-state index is 12.5. The molecule has 2 aliphatic rings. The molecule has 2 amide bonds. The summed E-state index contributed by atoms with van der Waals surface area (Å²) >= 11 is 0. The number of nitrogens with two attached hydrogens (primary N) is 1. The van der Waals surface area contributed by atoms with E-state index in [0.29, 0.717) is 12.8 Å². The van der Waals surface area contributed by atoms with Gasteiger partial charge in [-0.3, -0.25) is 9.59 Å². The summed E-state index contributed by atoms with van der Waals surface area (Å²) in [4.78, 5) is 25.9.